The van der Waals surface area contributed by atoms with E-state index in [2.05, 4.69) is 42.6 Å². The highest BCUT2D eigenvalue weighted by molar-refractivity contribution is 5.14. The molecule has 0 aliphatic rings. The normalized spacial score (nSPS) is 12.6. The van der Waals surface area contributed by atoms with Gasteiger partial charge >= 0.3 is 0 Å². The summed E-state index contributed by atoms with van der Waals surface area (Å²) in [7, 11) is 0. The molecule has 0 saturated heterocycles. The minimum atomic E-state index is 0.503. The molecule has 1 atom stereocenters. The number of benzene rings is 1. The van der Waals surface area contributed by atoms with Crippen molar-refractivity contribution >= 4 is 0 Å². The smallest absolute Gasteiger partial charge is 0.0619 e. The fraction of sp³-hybridized carbons (Fsp3) is 0.600. The van der Waals surface area contributed by atoms with Crippen LogP contribution in [0.2, 0.25) is 0 Å². The summed E-state index contributed by atoms with van der Waals surface area (Å²) in [4.78, 5) is 0. The molecule has 2 nitrogen and oxygen atoms in total. The van der Waals surface area contributed by atoms with Crippen LogP contribution in [0, 0.1) is 0 Å². The van der Waals surface area contributed by atoms with Gasteiger partial charge in [-0.3, -0.25) is 0 Å². The summed E-state index contributed by atoms with van der Waals surface area (Å²) in [6.07, 6.45) is 3.56. The topological polar surface area (TPSA) is 21.3 Å². The van der Waals surface area contributed by atoms with Crippen molar-refractivity contribution in [3.05, 3.63) is 35.9 Å². The summed E-state index contributed by atoms with van der Waals surface area (Å²) in [6, 6.07) is 11.2. The van der Waals surface area contributed by atoms with Crippen molar-refractivity contribution < 1.29 is 4.74 Å². The summed E-state index contributed by atoms with van der Waals surface area (Å²) in [5.74, 6) is 0. The highest BCUT2D eigenvalue weighted by Gasteiger charge is 2.06. The maximum Gasteiger partial charge on any atom is 0.0619 e. The quantitative estimate of drug-likeness (QED) is 0.710. The minimum absolute atomic E-state index is 0.503. The van der Waals surface area contributed by atoms with Crippen LogP contribution in [-0.4, -0.2) is 25.8 Å². The molecule has 0 saturated carbocycles. The van der Waals surface area contributed by atoms with E-state index in [4.69, 9.17) is 4.74 Å². The Bertz CT molecular complexity index is 274. The zero-order valence-electron chi connectivity index (χ0n) is 11.1. The van der Waals surface area contributed by atoms with Gasteiger partial charge < -0.3 is 10.1 Å². The Labute approximate surface area is 105 Å². The second kappa shape index (κ2) is 9.20. The molecule has 17 heavy (non-hydrogen) atoms. The van der Waals surface area contributed by atoms with Crippen molar-refractivity contribution in [2.24, 2.45) is 0 Å². The Morgan fingerprint density at radius 2 is 1.94 bits per heavy atom. The van der Waals surface area contributed by atoms with E-state index in [1.807, 2.05) is 6.92 Å². The Hall–Kier alpha value is -0.860. The molecule has 0 heterocycles. The van der Waals surface area contributed by atoms with Gasteiger partial charge in [-0.25, -0.2) is 0 Å². The molecule has 0 bridgehead atoms. The van der Waals surface area contributed by atoms with Crippen LogP contribution in [0.1, 0.15) is 32.3 Å². The molecular weight excluding hydrogens is 210 g/mol. The van der Waals surface area contributed by atoms with Crippen LogP contribution >= 0.6 is 0 Å². The number of hydrogen-bond donors (Lipinski definition) is 1. The first kappa shape index (κ1) is 14.2. The molecule has 1 unspecified atom stereocenters. The third-order valence-corrected chi connectivity index (χ3v) is 2.88. The number of likely N-dealkylation sites (N-methyl/N-ethyl adjacent to an activating group) is 1. The molecule has 0 radical (unpaired) electrons. The van der Waals surface area contributed by atoms with E-state index in [1.165, 1.54) is 18.4 Å². The summed E-state index contributed by atoms with van der Waals surface area (Å²) < 4.78 is 5.49. The number of nitrogens with one attached hydrogen (secondary N) is 1. The van der Waals surface area contributed by atoms with E-state index in [0.717, 1.165) is 26.2 Å². The van der Waals surface area contributed by atoms with Gasteiger partial charge in [0.2, 0.25) is 0 Å². The highest BCUT2D eigenvalue weighted by Crippen LogP contribution is 2.07. The number of ether oxygens (including phenoxy) is 1. The average molecular weight is 235 g/mol. The van der Waals surface area contributed by atoms with Gasteiger partial charge in [-0.1, -0.05) is 37.3 Å². The van der Waals surface area contributed by atoms with Crippen LogP contribution in [-0.2, 0) is 11.2 Å². The largest absolute Gasteiger partial charge is 0.380 e. The van der Waals surface area contributed by atoms with Crippen molar-refractivity contribution in [1.29, 1.82) is 0 Å². The molecule has 0 spiro atoms. The lowest BCUT2D eigenvalue weighted by Crippen LogP contribution is -2.33. The molecule has 0 amide bonds. The van der Waals surface area contributed by atoms with Crippen molar-refractivity contribution in [1.82, 2.24) is 5.32 Å². The van der Waals surface area contributed by atoms with Crippen LogP contribution < -0.4 is 5.32 Å². The van der Waals surface area contributed by atoms with Crippen LogP contribution in [0.15, 0.2) is 30.3 Å². The zero-order chi connectivity index (χ0) is 12.3. The zero-order valence-corrected chi connectivity index (χ0v) is 11.1. The predicted octanol–water partition coefficient (Wildman–Crippen LogP) is 3.02. The van der Waals surface area contributed by atoms with Gasteiger partial charge in [-0.2, -0.15) is 0 Å². The maximum atomic E-state index is 5.49. The fourth-order valence-corrected chi connectivity index (χ4v) is 1.99. The Balaban J connectivity index is 2.22. The van der Waals surface area contributed by atoms with Crippen molar-refractivity contribution in [2.75, 3.05) is 19.8 Å². The number of rotatable bonds is 9. The number of aryl methyl sites for hydroxylation is 1. The monoisotopic (exact) mass is 235 g/mol. The summed E-state index contributed by atoms with van der Waals surface area (Å²) in [5, 5.41) is 3.48. The third kappa shape index (κ3) is 6.44. The lowest BCUT2D eigenvalue weighted by Gasteiger charge is -2.17. The Morgan fingerprint density at radius 3 is 2.59 bits per heavy atom. The molecule has 96 valence electrons. The van der Waals surface area contributed by atoms with Gasteiger partial charge in [0.1, 0.15) is 0 Å². The Kier molecular flexibility index (Phi) is 7.69. The van der Waals surface area contributed by atoms with Crippen LogP contribution in [0.4, 0.5) is 0 Å². The minimum Gasteiger partial charge on any atom is -0.380 e. The lowest BCUT2D eigenvalue weighted by molar-refractivity contribution is 0.120. The first-order valence-electron chi connectivity index (χ1n) is 6.71. The molecule has 1 aromatic carbocycles. The standard InChI is InChI=1S/C15H25NO/c1-3-16-15(13-17-4-2)12-8-11-14-9-6-5-7-10-14/h5-7,9-10,15-16H,3-4,8,11-13H2,1-2H3. The van der Waals surface area contributed by atoms with Gasteiger partial charge in [-0.05, 0) is 38.3 Å². The van der Waals surface area contributed by atoms with Gasteiger partial charge in [0, 0.05) is 12.6 Å². The van der Waals surface area contributed by atoms with Crippen LogP contribution in [0.3, 0.4) is 0 Å². The highest BCUT2D eigenvalue weighted by atomic mass is 16.5. The molecule has 2 heteroatoms. The third-order valence-electron chi connectivity index (χ3n) is 2.88. The van der Waals surface area contributed by atoms with E-state index in [0.29, 0.717) is 6.04 Å². The molecular formula is C15H25NO. The number of hydrogen-bond acceptors (Lipinski definition) is 2. The first-order chi connectivity index (χ1) is 8.36. The van der Waals surface area contributed by atoms with E-state index in [-0.39, 0.29) is 0 Å². The lowest BCUT2D eigenvalue weighted by atomic mass is 10.1. The average Bonchev–Trinajstić information content (AvgIpc) is 2.37. The molecule has 0 aromatic heterocycles. The van der Waals surface area contributed by atoms with E-state index in [9.17, 15) is 0 Å². The SMILES string of the molecule is CCNC(CCCc1ccccc1)COCC. The van der Waals surface area contributed by atoms with Crippen molar-refractivity contribution in [2.45, 2.75) is 39.2 Å². The van der Waals surface area contributed by atoms with Gasteiger partial charge in [0.15, 0.2) is 0 Å². The van der Waals surface area contributed by atoms with Gasteiger partial charge in [-0.15, -0.1) is 0 Å². The van der Waals surface area contributed by atoms with Gasteiger partial charge in [0.25, 0.3) is 0 Å². The molecule has 0 aliphatic carbocycles. The molecule has 0 aliphatic heterocycles. The maximum absolute atomic E-state index is 5.49. The summed E-state index contributed by atoms with van der Waals surface area (Å²) >= 11 is 0. The summed E-state index contributed by atoms with van der Waals surface area (Å²) in [5.41, 5.74) is 1.43. The van der Waals surface area contributed by atoms with Crippen molar-refractivity contribution in [3.63, 3.8) is 0 Å². The fourth-order valence-electron chi connectivity index (χ4n) is 1.99. The van der Waals surface area contributed by atoms with Gasteiger partial charge in [0.05, 0.1) is 6.61 Å². The van der Waals surface area contributed by atoms with E-state index < -0.39 is 0 Å². The first-order valence-corrected chi connectivity index (χ1v) is 6.71. The second-order valence-electron chi connectivity index (χ2n) is 4.29. The molecule has 0 fully saturated rings. The summed E-state index contributed by atoms with van der Waals surface area (Å²) in [6.45, 7) is 6.85. The predicted molar refractivity (Wildman–Crippen MR) is 73.3 cm³/mol. The van der Waals surface area contributed by atoms with Crippen LogP contribution in [0.5, 0.6) is 0 Å². The van der Waals surface area contributed by atoms with Crippen molar-refractivity contribution in [3.8, 4) is 0 Å². The molecule has 1 rings (SSSR count). The second-order valence-corrected chi connectivity index (χ2v) is 4.29. The van der Waals surface area contributed by atoms with E-state index >= 15 is 0 Å². The molecule has 1 N–H and O–H groups in total. The van der Waals surface area contributed by atoms with Crippen LogP contribution in [0.25, 0.3) is 0 Å². The van der Waals surface area contributed by atoms with E-state index in [1.54, 1.807) is 0 Å². The molecule has 1 aromatic rings. The Morgan fingerprint density at radius 1 is 1.18 bits per heavy atom.